The summed E-state index contributed by atoms with van der Waals surface area (Å²) in [6.45, 7) is 10.8. The molecule has 0 aliphatic carbocycles. The van der Waals surface area contributed by atoms with Gasteiger partial charge in [0.1, 0.15) is 0 Å². The molecule has 100 valence electrons. The molecule has 0 heterocycles. The molecule has 4 heteroatoms. The zero-order valence-corrected chi connectivity index (χ0v) is 13.3. The van der Waals surface area contributed by atoms with Gasteiger partial charge in [0.25, 0.3) is 0 Å². The summed E-state index contributed by atoms with van der Waals surface area (Å²) in [6.07, 6.45) is 0.571. The van der Waals surface area contributed by atoms with Crippen LogP contribution in [0.25, 0.3) is 0 Å². The van der Waals surface area contributed by atoms with Crippen LogP contribution in [0.5, 0.6) is 0 Å². The Hall–Kier alpha value is -0.873. The van der Waals surface area contributed by atoms with Crippen molar-refractivity contribution in [1.82, 2.24) is 0 Å². The van der Waals surface area contributed by atoms with E-state index in [2.05, 4.69) is 26.2 Å². The SMILES string of the molecule is C=C(CCS(=O)(=O)c1ccccc1)C[Si](C)(C)C. The summed E-state index contributed by atoms with van der Waals surface area (Å²) in [5.74, 6) is 0.167. The van der Waals surface area contributed by atoms with Crippen LogP contribution in [0.1, 0.15) is 6.42 Å². The van der Waals surface area contributed by atoms with Crippen LogP contribution in [-0.4, -0.2) is 22.2 Å². The predicted octanol–water partition coefficient (Wildman–Crippen LogP) is 3.74. The first-order chi connectivity index (χ1) is 8.21. The Morgan fingerprint density at radius 3 is 2.22 bits per heavy atom. The van der Waals surface area contributed by atoms with E-state index in [4.69, 9.17) is 0 Å². The molecule has 0 N–H and O–H groups in total. The minimum atomic E-state index is -3.16. The molecule has 1 rings (SSSR count). The first-order valence-electron chi connectivity index (χ1n) is 6.15. The molecule has 0 spiro atoms. The van der Waals surface area contributed by atoms with Gasteiger partial charge in [0.05, 0.1) is 10.6 Å². The standard InChI is InChI=1S/C14H22O2SSi/c1-13(12-18(2,3)4)10-11-17(15,16)14-8-6-5-7-9-14/h5-9H,1,10-12H2,2-4H3. The molecule has 0 saturated carbocycles. The van der Waals surface area contributed by atoms with Crippen molar-refractivity contribution in [2.24, 2.45) is 0 Å². The monoisotopic (exact) mass is 282 g/mol. The van der Waals surface area contributed by atoms with E-state index < -0.39 is 17.9 Å². The van der Waals surface area contributed by atoms with Crippen LogP contribution in [0.15, 0.2) is 47.4 Å². The molecule has 0 saturated heterocycles. The van der Waals surface area contributed by atoms with Crippen molar-refractivity contribution in [3.63, 3.8) is 0 Å². The number of sulfone groups is 1. The summed E-state index contributed by atoms with van der Waals surface area (Å²) in [4.78, 5) is 0.408. The van der Waals surface area contributed by atoms with Gasteiger partial charge in [-0.15, -0.1) is 6.58 Å². The molecule has 0 aliphatic heterocycles. The van der Waals surface area contributed by atoms with Crippen molar-refractivity contribution in [3.8, 4) is 0 Å². The van der Waals surface area contributed by atoms with Crippen LogP contribution in [0.4, 0.5) is 0 Å². The van der Waals surface area contributed by atoms with Crippen LogP contribution >= 0.6 is 0 Å². The van der Waals surface area contributed by atoms with Gasteiger partial charge in [0, 0.05) is 8.07 Å². The van der Waals surface area contributed by atoms with E-state index in [0.717, 1.165) is 11.6 Å². The van der Waals surface area contributed by atoms with Crippen LogP contribution < -0.4 is 0 Å². The van der Waals surface area contributed by atoms with Crippen LogP contribution in [0.2, 0.25) is 25.7 Å². The van der Waals surface area contributed by atoms with Crippen LogP contribution in [0.3, 0.4) is 0 Å². The molecule has 0 radical (unpaired) electrons. The van der Waals surface area contributed by atoms with Crippen molar-refractivity contribution in [1.29, 1.82) is 0 Å². The van der Waals surface area contributed by atoms with Crippen molar-refractivity contribution >= 4 is 17.9 Å². The zero-order chi connectivity index (χ0) is 13.8. The minimum absolute atomic E-state index is 0.167. The lowest BCUT2D eigenvalue weighted by Gasteiger charge is -2.17. The molecule has 0 bridgehead atoms. The molecule has 1 aromatic rings. The van der Waals surface area contributed by atoms with E-state index in [-0.39, 0.29) is 5.75 Å². The summed E-state index contributed by atoms with van der Waals surface area (Å²) < 4.78 is 24.1. The quantitative estimate of drug-likeness (QED) is 0.588. The second-order valence-electron chi connectivity index (χ2n) is 5.87. The summed E-state index contributed by atoms with van der Waals surface area (Å²) in [5.41, 5.74) is 1.06. The lowest BCUT2D eigenvalue weighted by atomic mass is 10.3. The Bertz CT molecular complexity index is 498. The van der Waals surface area contributed by atoms with Gasteiger partial charge in [-0.05, 0) is 24.6 Å². The average Bonchev–Trinajstić information content (AvgIpc) is 2.26. The molecule has 18 heavy (non-hydrogen) atoms. The minimum Gasteiger partial charge on any atom is -0.224 e. The van der Waals surface area contributed by atoms with Gasteiger partial charge in [-0.25, -0.2) is 8.42 Å². The van der Waals surface area contributed by atoms with Gasteiger partial charge in [-0.3, -0.25) is 0 Å². The molecular formula is C14H22O2SSi. The topological polar surface area (TPSA) is 34.1 Å². The van der Waals surface area contributed by atoms with Crippen LogP contribution in [0, 0.1) is 0 Å². The number of benzene rings is 1. The fraction of sp³-hybridized carbons (Fsp3) is 0.429. The second kappa shape index (κ2) is 5.84. The van der Waals surface area contributed by atoms with E-state index in [1.807, 2.05) is 6.07 Å². The highest BCUT2D eigenvalue weighted by Crippen LogP contribution is 2.20. The smallest absolute Gasteiger partial charge is 0.178 e. The van der Waals surface area contributed by atoms with Gasteiger partial charge in [0.2, 0.25) is 0 Å². The third kappa shape index (κ3) is 5.19. The number of hydrogen-bond donors (Lipinski definition) is 0. The molecular weight excluding hydrogens is 260 g/mol. The van der Waals surface area contributed by atoms with Gasteiger partial charge in [-0.2, -0.15) is 0 Å². The number of rotatable bonds is 6. The maximum absolute atomic E-state index is 12.1. The summed E-state index contributed by atoms with van der Waals surface area (Å²) in [7, 11) is -4.35. The maximum atomic E-state index is 12.1. The van der Waals surface area contributed by atoms with Crippen molar-refractivity contribution in [2.75, 3.05) is 5.75 Å². The summed E-state index contributed by atoms with van der Waals surface area (Å²) in [6, 6.07) is 9.63. The fourth-order valence-electron chi connectivity index (χ4n) is 1.86. The van der Waals surface area contributed by atoms with E-state index in [1.54, 1.807) is 24.3 Å². The highest BCUT2D eigenvalue weighted by molar-refractivity contribution is 7.91. The lowest BCUT2D eigenvalue weighted by molar-refractivity contribution is 0.595. The highest BCUT2D eigenvalue weighted by Gasteiger charge is 2.18. The predicted molar refractivity (Wildman–Crippen MR) is 80.4 cm³/mol. The molecule has 0 fully saturated rings. The second-order valence-corrected chi connectivity index (χ2v) is 13.5. The molecule has 0 unspecified atom stereocenters. The maximum Gasteiger partial charge on any atom is 0.178 e. The largest absolute Gasteiger partial charge is 0.224 e. The molecule has 2 nitrogen and oxygen atoms in total. The molecule has 0 aliphatic rings. The van der Waals surface area contributed by atoms with Crippen molar-refractivity contribution < 1.29 is 8.42 Å². The average molecular weight is 282 g/mol. The summed E-state index contributed by atoms with van der Waals surface area (Å²) >= 11 is 0. The lowest BCUT2D eigenvalue weighted by Crippen LogP contribution is -2.20. The third-order valence-corrected chi connectivity index (χ3v) is 5.90. The van der Waals surface area contributed by atoms with Crippen molar-refractivity contribution in [3.05, 3.63) is 42.5 Å². The van der Waals surface area contributed by atoms with E-state index in [0.29, 0.717) is 11.3 Å². The van der Waals surface area contributed by atoms with E-state index in [9.17, 15) is 8.42 Å². The van der Waals surface area contributed by atoms with Gasteiger partial charge >= 0.3 is 0 Å². The number of hydrogen-bond acceptors (Lipinski definition) is 2. The molecule has 0 amide bonds. The van der Waals surface area contributed by atoms with Gasteiger partial charge < -0.3 is 0 Å². The molecule has 0 aromatic heterocycles. The van der Waals surface area contributed by atoms with E-state index >= 15 is 0 Å². The van der Waals surface area contributed by atoms with Gasteiger partial charge in [-0.1, -0.05) is 43.4 Å². The Morgan fingerprint density at radius 1 is 1.17 bits per heavy atom. The Balaban J connectivity index is 2.61. The highest BCUT2D eigenvalue weighted by atomic mass is 32.2. The first-order valence-corrected chi connectivity index (χ1v) is 11.5. The summed E-state index contributed by atoms with van der Waals surface area (Å²) in [5, 5.41) is 0. The third-order valence-electron chi connectivity index (χ3n) is 2.61. The normalized spacial score (nSPS) is 12.4. The molecule has 0 atom stereocenters. The van der Waals surface area contributed by atoms with Gasteiger partial charge in [0.15, 0.2) is 9.84 Å². The Kier molecular flexibility index (Phi) is 4.93. The van der Waals surface area contributed by atoms with Crippen LogP contribution in [-0.2, 0) is 9.84 Å². The number of allylic oxidation sites excluding steroid dienone is 1. The first kappa shape index (κ1) is 15.2. The van der Waals surface area contributed by atoms with E-state index in [1.165, 1.54) is 0 Å². The molecule has 1 aromatic carbocycles. The Labute approximate surface area is 112 Å². The Morgan fingerprint density at radius 2 is 1.72 bits per heavy atom. The fourth-order valence-corrected chi connectivity index (χ4v) is 4.90. The van der Waals surface area contributed by atoms with Crippen molar-refractivity contribution in [2.45, 2.75) is 37.0 Å². The zero-order valence-electron chi connectivity index (χ0n) is 11.4.